The Morgan fingerprint density at radius 3 is 2.42 bits per heavy atom. The predicted octanol–water partition coefficient (Wildman–Crippen LogP) is 2.21. The molecule has 2 aromatic heterocycles. The van der Waals surface area contributed by atoms with Gasteiger partial charge in [0.2, 0.25) is 27.8 Å². The fourth-order valence-corrected chi connectivity index (χ4v) is 8.33. The maximum absolute atomic E-state index is 13.1. The van der Waals surface area contributed by atoms with Gasteiger partial charge >= 0.3 is 6.61 Å². The Kier molecular flexibility index (Phi) is 10.1. The number of piperazine rings is 1. The number of hydrogen-bond donors (Lipinski definition) is 2. The minimum Gasteiger partial charge on any atom is -0.432 e. The van der Waals surface area contributed by atoms with Gasteiger partial charge in [0.25, 0.3) is 0 Å². The van der Waals surface area contributed by atoms with Gasteiger partial charge in [-0.3, -0.25) is 24.5 Å². The molecule has 6 rings (SSSR count). The fraction of sp³-hybridized carbons (Fsp3) is 0.581. The summed E-state index contributed by atoms with van der Waals surface area (Å²) in [6.07, 6.45) is 4.82. The first-order chi connectivity index (χ1) is 23.0. The van der Waals surface area contributed by atoms with Crippen molar-refractivity contribution >= 4 is 44.4 Å². The lowest BCUT2D eigenvalue weighted by molar-refractivity contribution is -0.134. The van der Waals surface area contributed by atoms with E-state index in [0.717, 1.165) is 48.3 Å². The highest BCUT2D eigenvalue weighted by Gasteiger charge is 2.32. The number of carbonyl (C=O) groups is 2. The van der Waals surface area contributed by atoms with Gasteiger partial charge in [-0.1, -0.05) is 0 Å². The van der Waals surface area contributed by atoms with Crippen molar-refractivity contribution in [2.45, 2.75) is 57.6 Å². The summed E-state index contributed by atoms with van der Waals surface area (Å²) in [7, 11) is -1.52. The number of hydrogen-bond acceptors (Lipinski definition) is 11. The van der Waals surface area contributed by atoms with Gasteiger partial charge < -0.3 is 15.0 Å². The van der Waals surface area contributed by atoms with Crippen molar-refractivity contribution in [1.82, 2.24) is 34.3 Å². The number of aryl methyl sites for hydroxylation is 2. The number of nitrogens with zero attached hydrogens (tertiary/aromatic N) is 7. The van der Waals surface area contributed by atoms with Crippen LogP contribution in [0.3, 0.4) is 0 Å². The summed E-state index contributed by atoms with van der Waals surface area (Å²) in [5, 5.41) is 11.2. The molecule has 0 radical (unpaired) electrons. The largest absolute Gasteiger partial charge is 0.432 e. The number of imide groups is 1. The Balaban J connectivity index is 0.956. The van der Waals surface area contributed by atoms with Crippen molar-refractivity contribution in [2.24, 2.45) is 7.05 Å². The highest BCUT2D eigenvalue weighted by atomic mass is 32.2. The quantitative estimate of drug-likeness (QED) is 0.285. The Labute approximate surface area is 277 Å². The number of amides is 2. The smallest absolute Gasteiger partial charge is 0.387 e. The first-order valence-corrected chi connectivity index (χ1v) is 17.9. The van der Waals surface area contributed by atoms with Crippen molar-refractivity contribution in [3.63, 3.8) is 0 Å². The molecule has 3 aliphatic heterocycles. The topological polar surface area (TPSA) is 155 Å². The van der Waals surface area contributed by atoms with E-state index in [4.69, 9.17) is 0 Å². The number of anilines is 2. The average molecular weight is 690 g/mol. The summed E-state index contributed by atoms with van der Waals surface area (Å²) in [5.74, 6) is -0.739. The van der Waals surface area contributed by atoms with Gasteiger partial charge in [0.05, 0.1) is 35.3 Å². The molecule has 0 saturated carbocycles. The van der Waals surface area contributed by atoms with Gasteiger partial charge in [-0.2, -0.15) is 13.9 Å². The molecule has 2 N–H and O–H groups in total. The van der Waals surface area contributed by atoms with E-state index in [2.05, 4.69) is 59.3 Å². The minimum atomic E-state index is -3.39. The molecule has 1 aromatic carbocycles. The number of ether oxygens (including phenoxy) is 1. The van der Waals surface area contributed by atoms with E-state index < -0.39 is 22.6 Å². The van der Waals surface area contributed by atoms with Gasteiger partial charge in [-0.05, 0) is 56.8 Å². The predicted molar refractivity (Wildman–Crippen MR) is 175 cm³/mol. The number of fused-ring (bicyclic) bond motifs is 1. The number of alkyl halides is 2. The van der Waals surface area contributed by atoms with Crippen LogP contribution in [0.4, 0.5) is 20.4 Å². The van der Waals surface area contributed by atoms with E-state index in [1.807, 2.05) is 7.05 Å². The van der Waals surface area contributed by atoms with Crippen molar-refractivity contribution in [3.05, 3.63) is 35.8 Å². The van der Waals surface area contributed by atoms with Gasteiger partial charge in [0.15, 0.2) is 5.75 Å². The molecule has 260 valence electrons. The van der Waals surface area contributed by atoms with Crippen LogP contribution in [0.2, 0.25) is 0 Å². The van der Waals surface area contributed by atoms with Crippen molar-refractivity contribution in [3.8, 4) is 5.75 Å². The van der Waals surface area contributed by atoms with E-state index in [-0.39, 0.29) is 35.3 Å². The van der Waals surface area contributed by atoms with Gasteiger partial charge in [-0.15, -0.1) is 0 Å². The Hall–Kier alpha value is -3.96. The second-order valence-electron chi connectivity index (χ2n) is 12.6. The summed E-state index contributed by atoms with van der Waals surface area (Å²) in [6.45, 7) is 3.85. The van der Waals surface area contributed by atoms with Crippen LogP contribution < -0.4 is 20.3 Å². The molecule has 3 aliphatic rings. The second kappa shape index (κ2) is 14.3. The van der Waals surface area contributed by atoms with Crippen LogP contribution >= 0.6 is 0 Å². The molecule has 48 heavy (non-hydrogen) atoms. The molecule has 2 amide bonds. The second-order valence-corrected chi connectivity index (χ2v) is 14.7. The Morgan fingerprint density at radius 1 is 1.04 bits per heavy atom. The number of aromatic nitrogens is 4. The number of carbonyl (C=O) groups excluding carboxylic acids is 2. The Bertz CT molecular complexity index is 1740. The van der Waals surface area contributed by atoms with Crippen LogP contribution in [-0.4, -0.2) is 113 Å². The molecular formula is C31H41F2N9O5S. The van der Waals surface area contributed by atoms with Gasteiger partial charge in [0.1, 0.15) is 0 Å². The standard InChI is InChI=1S/C31H41F2N9O5S/c1-20-16-24-26(39(2)38-28(24)23-4-5-27(43)37-29(23)44)17-25(20)41-13-11-40(12-14-41)8-3-15-48(45,46)42-9-6-21(7-10-42)36-31-34-18-22(19-35-31)47-30(32)33/h16-19,21,23,30H,3-15H2,1-2H3,(H,34,35,36)(H,37,43,44). The summed E-state index contributed by atoms with van der Waals surface area (Å²) in [5.41, 5.74) is 3.85. The summed E-state index contributed by atoms with van der Waals surface area (Å²) in [4.78, 5) is 36.8. The zero-order chi connectivity index (χ0) is 34.0. The average Bonchev–Trinajstić information content (AvgIpc) is 3.36. The molecule has 0 aliphatic carbocycles. The molecule has 14 nitrogen and oxygen atoms in total. The first-order valence-electron chi connectivity index (χ1n) is 16.3. The number of benzene rings is 1. The molecule has 1 unspecified atom stereocenters. The molecule has 3 saturated heterocycles. The molecule has 0 spiro atoms. The van der Waals surface area contributed by atoms with E-state index in [1.54, 1.807) is 8.99 Å². The van der Waals surface area contributed by atoms with Crippen molar-refractivity contribution in [1.29, 1.82) is 0 Å². The lowest BCUT2D eigenvalue weighted by Crippen LogP contribution is -2.47. The number of halogens is 2. The lowest BCUT2D eigenvalue weighted by Gasteiger charge is -2.37. The van der Waals surface area contributed by atoms with Crippen LogP contribution in [0, 0.1) is 6.92 Å². The molecule has 17 heteroatoms. The number of nitrogens with one attached hydrogen (secondary N) is 2. The lowest BCUT2D eigenvalue weighted by atomic mass is 9.92. The highest BCUT2D eigenvalue weighted by Crippen LogP contribution is 2.34. The van der Waals surface area contributed by atoms with E-state index in [0.29, 0.717) is 57.4 Å². The monoisotopic (exact) mass is 689 g/mol. The van der Waals surface area contributed by atoms with E-state index in [9.17, 15) is 26.8 Å². The third-order valence-corrected chi connectivity index (χ3v) is 11.3. The number of sulfonamides is 1. The first kappa shape index (κ1) is 33.9. The zero-order valence-electron chi connectivity index (χ0n) is 27.1. The third kappa shape index (κ3) is 7.68. The van der Waals surface area contributed by atoms with Crippen LogP contribution in [0.5, 0.6) is 5.75 Å². The molecule has 5 heterocycles. The van der Waals surface area contributed by atoms with Gasteiger partial charge in [-0.25, -0.2) is 22.7 Å². The molecule has 0 bridgehead atoms. The summed E-state index contributed by atoms with van der Waals surface area (Å²) in [6, 6.07) is 4.19. The van der Waals surface area contributed by atoms with Crippen LogP contribution in [0.25, 0.3) is 10.9 Å². The summed E-state index contributed by atoms with van der Waals surface area (Å²) >= 11 is 0. The maximum Gasteiger partial charge on any atom is 0.387 e. The van der Waals surface area contributed by atoms with Gasteiger partial charge in [0, 0.05) is 69.9 Å². The normalized spacial score (nSPS) is 20.4. The Morgan fingerprint density at radius 2 is 1.75 bits per heavy atom. The number of piperidine rings is 2. The fourth-order valence-electron chi connectivity index (χ4n) is 6.81. The highest BCUT2D eigenvalue weighted by molar-refractivity contribution is 7.89. The van der Waals surface area contributed by atoms with Crippen molar-refractivity contribution in [2.75, 3.05) is 61.8 Å². The van der Waals surface area contributed by atoms with E-state index in [1.165, 1.54) is 12.4 Å². The van der Waals surface area contributed by atoms with Crippen LogP contribution in [0.1, 0.15) is 49.3 Å². The summed E-state index contributed by atoms with van der Waals surface area (Å²) < 4.78 is 58.5. The van der Waals surface area contributed by atoms with Crippen LogP contribution in [-0.2, 0) is 26.7 Å². The molecule has 1 atom stereocenters. The molecular weight excluding hydrogens is 648 g/mol. The molecule has 3 fully saturated rings. The maximum atomic E-state index is 13.1. The minimum absolute atomic E-state index is 0.0239. The van der Waals surface area contributed by atoms with Crippen LogP contribution in [0.15, 0.2) is 24.5 Å². The SMILES string of the molecule is Cc1cc2c(C3CCC(=O)NC3=O)nn(C)c2cc1N1CCN(CCCS(=O)(=O)N2CCC(Nc3ncc(OC(F)F)cn3)CC2)CC1. The van der Waals surface area contributed by atoms with E-state index >= 15 is 0 Å². The molecule has 3 aromatic rings. The van der Waals surface area contributed by atoms with Crippen molar-refractivity contribution < 1.29 is 31.5 Å². The number of rotatable bonds is 11. The third-order valence-electron chi connectivity index (χ3n) is 9.39. The zero-order valence-corrected chi connectivity index (χ0v) is 27.9.